The molecule has 1 amide bonds. The van der Waals surface area contributed by atoms with Crippen molar-refractivity contribution in [2.24, 2.45) is 0 Å². The van der Waals surface area contributed by atoms with Gasteiger partial charge in [-0.2, -0.15) is 0 Å². The molecular weight excluding hydrogens is 166 g/mol. The van der Waals surface area contributed by atoms with E-state index >= 15 is 0 Å². The van der Waals surface area contributed by atoms with Crippen molar-refractivity contribution in [1.82, 2.24) is 4.90 Å². The summed E-state index contributed by atoms with van der Waals surface area (Å²) in [7, 11) is 3.56. The fourth-order valence-electron chi connectivity index (χ4n) is 1.15. The maximum atomic E-state index is 11.2. The predicted octanol–water partition coefficient (Wildman–Crippen LogP) is 1.67. The number of hydrogen-bond donors (Lipinski definition) is 0. The maximum absolute atomic E-state index is 11.2. The van der Waals surface area contributed by atoms with E-state index in [0.717, 1.165) is 19.4 Å². The van der Waals surface area contributed by atoms with E-state index in [2.05, 4.69) is 6.92 Å². The fraction of sp³-hybridized carbons (Fsp3) is 0.900. The SMILES string of the molecule is CCOC(CC)CCC(=O)N(C)C. The van der Waals surface area contributed by atoms with E-state index in [1.54, 1.807) is 19.0 Å². The summed E-state index contributed by atoms with van der Waals surface area (Å²) < 4.78 is 5.45. The normalized spacial score (nSPS) is 12.6. The van der Waals surface area contributed by atoms with Crippen molar-refractivity contribution in [2.75, 3.05) is 20.7 Å². The molecule has 0 aromatic carbocycles. The molecule has 0 aromatic rings. The molecule has 0 aliphatic heterocycles. The number of hydrogen-bond acceptors (Lipinski definition) is 2. The average Bonchev–Trinajstić information content (AvgIpc) is 2.11. The van der Waals surface area contributed by atoms with Gasteiger partial charge in [0, 0.05) is 27.1 Å². The van der Waals surface area contributed by atoms with Crippen molar-refractivity contribution in [3.05, 3.63) is 0 Å². The first-order chi connectivity index (χ1) is 6.11. The molecule has 0 N–H and O–H groups in total. The molecule has 0 fully saturated rings. The lowest BCUT2D eigenvalue weighted by Crippen LogP contribution is -2.23. The molecule has 1 atom stereocenters. The first kappa shape index (κ1) is 12.4. The van der Waals surface area contributed by atoms with Crippen molar-refractivity contribution in [2.45, 2.75) is 39.2 Å². The fourth-order valence-corrected chi connectivity index (χ4v) is 1.15. The van der Waals surface area contributed by atoms with Gasteiger partial charge in [0.25, 0.3) is 0 Å². The molecule has 13 heavy (non-hydrogen) atoms. The van der Waals surface area contributed by atoms with Gasteiger partial charge < -0.3 is 9.64 Å². The maximum Gasteiger partial charge on any atom is 0.222 e. The lowest BCUT2D eigenvalue weighted by atomic mass is 10.1. The summed E-state index contributed by atoms with van der Waals surface area (Å²) in [5.41, 5.74) is 0. The van der Waals surface area contributed by atoms with Gasteiger partial charge in [0.05, 0.1) is 6.10 Å². The highest BCUT2D eigenvalue weighted by Crippen LogP contribution is 2.07. The molecule has 0 spiro atoms. The Morgan fingerprint density at radius 2 is 2.00 bits per heavy atom. The summed E-state index contributed by atoms with van der Waals surface area (Å²) in [4.78, 5) is 12.9. The first-order valence-electron chi connectivity index (χ1n) is 4.93. The summed E-state index contributed by atoms with van der Waals surface area (Å²) in [5.74, 6) is 0.179. The predicted molar refractivity (Wildman–Crippen MR) is 53.6 cm³/mol. The van der Waals surface area contributed by atoms with Crippen molar-refractivity contribution in [3.63, 3.8) is 0 Å². The topological polar surface area (TPSA) is 29.5 Å². The van der Waals surface area contributed by atoms with E-state index < -0.39 is 0 Å². The van der Waals surface area contributed by atoms with Crippen LogP contribution in [-0.4, -0.2) is 37.6 Å². The van der Waals surface area contributed by atoms with Crippen LogP contribution in [0.15, 0.2) is 0 Å². The molecular formula is C10H21NO2. The Labute approximate surface area is 81.1 Å². The van der Waals surface area contributed by atoms with E-state index in [4.69, 9.17) is 4.74 Å². The molecule has 78 valence electrons. The highest BCUT2D eigenvalue weighted by atomic mass is 16.5. The van der Waals surface area contributed by atoms with Gasteiger partial charge in [-0.3, -0.25) is 4.79 Å². The van der Waals surface area contributed by atoms with E-state index in [-0.39, 0.29) is 12.0 Å². The number of nitrogens with zero attached hydrogens (tertiary/aromatic N) is 1. The Bertz CT molecular complexity index is 146. The summed E-state index contributed by atoms with van der Waals surface area (Å²) >= 11 is 0. The second kappa shape index (κ2) is 6.89. The molecule has 0 rings (SSSR count). The number of carbonyl (C=O) groups excluding carboxylic acids is 1. The van der Waals surface area contributed by atoms with Crippen LogP contribution in [0.3, 0.4) is 0 Å². The average molecular weight is 187 g/mol. The molecule has 0 radical (unpaired) electrons. The molecule has 0 saturated carbocycles. The highest BCUT2D eigenvalue weighted by Gasteiger charge is 2.09. The molecule has 1 unspecified atom stereocenters. The van der Waals surface area contributed by atoms with Crippen LogP contribution >= 0.6 is 0 Å². The Morgan fingerprint density at radius 3 is 2.38 bits per heavy atom. The van der Waals surface area contributed by atoms with E-state index in [1.165, 1.54) is 0 Å². The quantitative estimate of drug-likeness (QED) is 0.633. The number of amides is 1. The largest absolute Gasteiger partial charge is 0.379 e. The van der Waals surface area contributed by atoms with Crippen LogP contribution in [0.1, 0.15) is 33.1 Å². The van der Waals surface area contributed by atoms with Crippen LogP contribution in [0.25, 0.3) is 0 Å². The molecule has 0 aliphatic rings. The Kier molecular flexibility index (Phi) is 6.59. The second-order valence-corrected chi connectivity index (χ2v) is 3.31. The van der Waals surface area contributed by atoms with Gasteiger partial charge in [-0.25, -0.2) is 0 Å². The third kappa shape index (κ3) is 5.64. The molecule has 0 bridgehead atoms. The van der Waals surface area contributed by atoms with Crippen molar-refractivity contribution < 1.29 is 9.53 Å². The summed E-state index contributed by atoms with van der Waals surface area (Å²) in [5, 5.41) is 0. The highest BCUT2D eigenvalue weighted by molar-refractivity contribution is 5.75. The van der Waals surface area contributed by atoms with Gasteiger partial charge in [0.15, 0.2) is 0 Å². The van der Waals surface area contributed by atoms with Crippen LogP contribution in [-0.2, 0) is 9.53 Å². The zero-order valence-electron chi connectivity index (χ0n) is 9.17. The van der Waals surface area contributed by atoms with Crippen LogP contribution in [0.4, 0.5) is 0 Å². The van der Waals surface area contributed by atoms with Gasteiger partial charge >= 0.3 is 0 Å². The second-order valence-electron chi connectivity index (χ2n) is 3.31. The minimum absolute atomic E-state index is 0.179. The zero-order chi connectivity index (χ0) is 10.3. The Hall–Kier alpha value is -0.570. The van der Waals surface area contributed by atoms with Crippen LogP contribution in [0.2, 0.25) is 0 Å². The van der Waals surface area contributed by atoms with Gasteiger partial charge in [0.1, 0.15) is 0 Å². The summed E-state index contributed by atoms with van der Waals surface area (Å²) in [6.07, 6.45) is 2.65. The minimum atomic E-state index is 0.179. The molecule has 0 saturated heterocycles. The molecule has 3 heteroatoms. The summed E-state index contributed by atoms with van der Waals surface area (Å²) in [6.45, 7) is 4.80. The van der Waals surface area contributed by atoms with Crippen molar-refractivity contribution in [3.8, 4) is 0 Å². The van der Waals surface area contributed by atoms with Crippen LogP contribution in [0, 0.1) is 0 Å². The number of rotatable bonds is 6. The molecule has 0 aromatic heterocycles. The van der Waals surface area contributed by atoms with Crippen molar-refractivity contribution in [1.29, 1.82) is 0 Å². The van der Waals surface area contributed by atoms with E-state index in [0.29, 0.717) is 6.42 Å². The number of carbonyl (C=O) groups is 1. The van der Waals surface area contributed by atoms with Gasteiger partial charge in [-0.1, -0.05) is 6.92 Å². The standard InChI is InChI=1S/C10H21NO2/c1-5-9(13-6-2)7-8-10(12)11(3)4/h9H,5-8H2,1-4H3. The molecule has 0 heterocycles. The van der Waals surface area contributed by atoms with Gasteiger partial charge in [-0.05, 0) is 19.8 Å². The van der Waals surface area contributed by atoms with Gasteiger partial charge in [0.2, 0.25) is 5.91 Å². The lowest BCUT2D eigenvalue weighted by molar-refractivity contribution is -0.129. The Balaban J connectivity index is 3.65. The number of ether oxygens (including phenoxy) is 1. The lowest BCUT2D eigenvalue weighted by Gasteiger charge is -2.16. The minimum Gasteiger partial charge on any atom is -0.379 e. The van der Waals surface area contributed by atoms with Crippen LogP contribution in [0.5, 0.6) is 0 Å². The monoisotopic (exact) mass is 187 g/mol. The zero-order valence-corrected chi connectivity index (χ0v) is 9.17. The van der Waals surface area contributed by atoms with Crippen LogP contribution < -0.4 is 0 Å². The van der Waals surface area contributed by atoms with E-state index in [1.807, 2.05) is 6.92 Å². The Morgan fingerprint density at radius 1 is 1.38 bits per heavy atom. The van der Waals surface area contributed by atoms with E-state index in [9.17, 15) is 4.79 Å². The third-order valence-corrected chi connectivity index (χ3v) is 2.04. The van der Waals surface area contributed by atoms with Crippen molar-refractivity contribution >= 4 is 5.91 Å². The third-order valence-electron chi connectivity index (χ3n) is 2.04. The molecule has 0 aliphatic carbocycles. The smallest absolute Gasteiger partial charge is 0.222 e. The van der Waals surface area contributed by atoms with Gasteiger partial charge in [-0.15, -0.1) is 0 Å². The summed E-state index contributed by atoms with van der Waals surface area (Å²) in [6, 6.07) is 0. The molecule has 3 nitrogen and oxygen atoms in total. The first-order valence-corrected chi connectivity index (χ1v) is 4.93.